The predicted octanol–water partition coefficient (Wildman–Crippen LogP) is 2.89. The third kappa shape index (κ3) is 2.78. The van der Waals surface area contributed by atoms with Gasteiger partial charge in [-0.25, -0.2) is 0 Å². The molecule has 2 fully saturated rings. The van der Waals surface area contributed by atoms with Crippen LogP contribution in [0.5, 0.6) is 0 Å². The summed E-state index contributed by atoms with van der Waals surface area (Å²) in [5.74, 6) is 0. The molecule has 1 atom stereocenters. The summed E-state index contributed by atoms with van der Waals surface area (Å²) in [6.07, 6.45) is 4.21. The fraction of sp³-hybridized carbons (Fsp3) is 1.00. The number of likely N-dealkylation sites (tertiary alicyclic amines) is 1. The Labute approximate surface area is 102 Å². The zero-order chi connectivity index (χ0) is 12.2. The molecule has 0 radical (unpaired) electrons. The third-order valence-electron chi connectivity index (χ3n) is 4.52. The van der Waals surface area contributed by atoms with Crippen LogP contribution in [0.3, 0.4) is 0 Å². The Hall–Kier alpha value is -0.0800. The Morgan fingerprint density at radius 3 is 2.06 bits per heavy atom. The largest absolute Gasteiger partial charge is 0.314 e. The Kier molecular flexibility index (Phi) is 5.26. The monoisotopic (exact) mass is 226 g/mol. The highest BCUT2D eigenvalue weighted by atomic mass is 15.2. The summed E-state index contributed by atoms with van der Waals surface area (Å²) in [7, 11) is 0. The van der Waals surface area contributed by atoms with E-state index in [0.717, 1.165) is 12.1 Å². The lowest BCUT2D eigenvalue weighted by Crippen LogP contribution is -2.47. The summed E-state index contributed by atoms with van der Waals surface area (Å²) in [6, 6.07) is 1.48. The molecule has 0 bridgehead atoms. The zero-order valence-electron chi connectivity index (χ0n) is 11.8. The summed E-state index contributed by atoms with van der Waals surface area (Å²) in [4.78, 5) is 2.62. The van der Waals surface area contributed by atoms with Crippen molar-refractivity contribution in [1.29, 1.82) is 0 Å². The van der Waals surface area contributed by atoms with Crippen molar-refractivity contribution in [3.05, 3.63) is 0 Å². The van der Waals surface area contributed by atoms with Crippen LogP contribution in [0.2, 0.25) is 0 Å². The minimum Gasteiger partial charge on any atom is -0.314 e. The van der Waals surface area contributed by atoms with Crippen LogP contribution >= 0.6 is 0 Å². The quantitative estimate of drug-likeness (QED) is 0.739. The van der Waals surface area contributed by atoms with Crippen LogP contribution in [0.1, 0.15) is 53.9 Å². The molecule has 0 aromatic heterocycles. The van der Waals surface area contributed by atoms with Crippen molar-refractivity contribution in [1.82, 2.24) is 10.2 Å². The fourth-order valence-electron chi connectivity index (χ4n) is 3.14. The SMILES string of the molecule is CC.CC(C)N1CCC2(CCNC2C)CC1. The van der Waals surface area contributed by atoms with Crippen LogP contribution in [0, 0.1) is 5.41 Å². The number of hydrogen-bond acceptors (Lipinski definition) is 2. The van der Waals surface area contributed by atoms with Crippen molar-refractivity contribution in [2.45, 2.75) is 66.0 Å². The average Bonchev–Trinajstić information content (AvgIpc) is 2.64. The summed E-state index contributed by atoms with van der Waals surface area (Å²) in [5, 5.41) is 3.61. The molecule has 0 aromatic rings. The van der Waals surface area contributed by atoms with E-state index in [1.165, 1.54) is 38.9 Å². The van der Waals surface area contributed by atoms with Crippen molar-refractivity contribution in [2.75, 3.05) is 19.6 Å². The van der Waals surface area contributed by atoms with Crippen LogP contribution in [0.4, 0.5) is 0 Å². The molecule has 2 heteroatoms. The van der Waals surface area contributed by atoms with Gasteiger partial charge >= 0.3 is 0 Å². The summed E-state index contributed by atoms with van der Waals surface area (Å²) in [5.41, 5.74) is 0.644. The van der Waals surface area contributed by atoms with Crippen LogP contribution < -0.4 is 5.32 Å². The molecule has 2 aliphatic rings. The first-order chi connectivity index (χ1) is 7.64. The first kappa shape index (κ1) is 14.0. The molecule has 2 saturated heterocycles. The van der Waals surface area contributed by atoms with E-state index in [2.05, 4.69) is 31.0 Å². The average molecular weight is 226 g/mol. The molecule has 16 heavy (non-hydrogen) atoms. The van der Waals surface area contributed by atoms with E-state index in [9.17, 15) is 0 Å². The van der Waals surface area contributed by atoms with Gasteiger partial charge < -0.3 is 10.2 Å². The minimum atomic E-state index is 0.644. The molecule has 0 aromatic carbocycles. The molecule has 1 spiro atoms. The van der Waals surface area contributed by atoms with Gasteiger partial charge in [-0.05, 0) is 65.1 Å². The van der Waals surface area contributed by atoms with Crippen molar-refractivity contribution in [3.8, 4) is 0 Å². The predicted molar refractivity (Wildman–Crippen MR) is 71.8 cm³/mol. The molecule has 2 aliphatic heterocycles. The second kappa shape index (κ2) is 6.02. The summed E-state index contributed by atoms with van der Waals surface area (Å²) in [6.45, 7) is 14.9. The molecule has 0 aliphatic carbocycles. The molecule has 1 unspecified atom stereocenters. The highest BCUT2D eigenvalue weighted by molar-refractivity contribution is 4.98. The lowest BCUT2D eigenvalue weighted by molar-refractivity contribution is 0.0766. The number of nitrogens with zero attached hydrogens (tertiary/aromatic N) is 1. The van der Waals surface area contributed by atoms with Gasteiger partial charge in [-0.1, -0.05) is 13.8 Å². The van der Waals surface area contributed by atoms with E-state index < -0.39 is 0 Å². The van der Waals surface area contributed by atoms with Gasteiger partial charge in [0, 0.05) is 12.1 Å². The molecule has 2 heterocycles. The molecule has 0 amide bonds. The molecule has 2 rings (SSSR count). The first-order valence-corrected chi connectivity index (χ1v) is 7.11. The van der Waals surface area contributed by atoms with Gasteiger partial charge in [-0.3, -0.25) is 0 Å². The topological polar surface area (TPSA) is 15.3 Å². The highest BCUT2D eigenvalue weighted by Crippen LogP contribution is 2.41. The molecule has 0 saturated carbocycles. The van der Waals surface area contributed by atoms with Crippen LogP contribution in [-0.2, 0) is 0 Å². The van der Waals surface area contributed by atoms with E-state index in [4.69, 9.17) is 0 Å². The summed E-state index contributed by atoms with van der Waals surface area (Å²) >= 11 is 0. The highest BCUT2D eigenvalue weighted by Gasteiger charge is 2.42. The standard InChI is InChI=1S/C12H24N2.C2H6/c1-10(2)14-8-5-12(6-9-14)4-7-13-11(12)3;1-2/h10-11,13H,4-9H2,1-3H3;1-2H3. The summed E-state index contributed by atoms with van der Waals surface area (Å²) < 4.78 is 0. The maximum absolute atomic E-state index is 3.61. The lowest BCUT2D eigenvalue weighted by atomic mass is 9.73. The maximum Gasteiger partial charge on any atom is 0.00966 e. The van der Waals surface area contributed by atoms with Crippen molar-refractivity contribution >= 4 is 0 Å². The lowest BCUT2D eigenvalue weighted by Gasteiger charge is -2.43. The van der Waals surface area contributed by atoms with Gasteiger partial charge in [-0.2, -0.15) is 0 Å². The zero-order valence-corrected chi connectivity index (χ0v) is 11.8. The minimum absolute atomic E-state index is 0.644. The smallest absolute Gasteiger partial charge is 0.00966 e. The first-order valence-electron chi connectivity index (χ1n) is 7.11. The fourth-order valence-corrected chi connectivity index (χ4v) is 3.14. The van der Waals surface area contributed by atoms with Crippen molar-refractivity contribution in [3.63, 3.8) is 0 Å². The maximum atomic E-state index is 3.61. The van der Waals surface area contributed by atoms with Gasteiger partial charge in [-0.15, -0.1) is 0 Å². The van der Waals surface area contributed by atoms with E-state index in [-0.39, 0.29) is 0 Å². The van der Waals surface area contributed by atoms with E-state index in [0.29, 0.717) is 5.41 Å². The second-order valence-electron chi connectivity index (χ2n) is 5.42. The molecule has 1 N–H and O–H groups in total. The Bertz CT molecular complexity index is 193. The van der Waals surface area contributed by atoms with Gasteiger partial charge in [0.1, 0.15) is 0 Å². The Morgan fingerprint density at radius 2 is 1.69 bits per heavy atom. The Balaban J connectivity index is 0.000000606. The number of piperidine rings is 1. The van der Waals surface area contributed by atoms with Gasteiger partial charge in [0.05, 0.1) is 0 Å². The second-order valence-corrected chi connectivity index (χ2v) is 5.42. The van der Waals surface area contributed by atoms with Crippen molar-refractivity contribution in [2.24, 2.45) is 5.41 Å². The molecule has 96 valence electrons. The number of nitrogens with one attached hydrogen (secondary N) is 1. The van der Waals surface area contributed by atoms with Crippen LogP contribution in [0.25, 0.3) is 0 Å². The third-order valence-corrected chi connectivity index (χ3v) is 4.52. The van der Waals surface area contributed by atoms with Gasteiger partial charge in [0.25, 0.3) is 0 Å². The Morgan fingerprint density at radius 1 is 1.12 bits per heavy atom. The van der Waals surface area contributed by atoms with Gasteiger partial charge in [0.2, 0.25) is 0 Å². The molecular weight excluding hydrogens is 196 g/mol. The normalized spacial score (nSPS) is 29.2. The van der Waals surface area contributed by atoms with Crippen molar-refractivity contribution < 1.29 is 0 Å². The van der Waals surface area contributed by atoms with E-state index in [1.807, 2.05) is 13.8 Å². The molecular formula is C14H30N2. The number of hydrogen-bond donors (Lipinski definition) is 1. The van der Waals surface area contributed by atoms with Crippen LogP contribution in [-0.4, -0.2) is 36.6 Å². The number of rotatable bonds is 1. The molecule has 2 nitrogen and oxygen atoms in total. The van der Waals surface area contributed by atoms with Gasteiger partial charge in [0.15, 0.2) is 0 Å². The van der Waals surface area contributed by atoms with E-state index in [1.54, 1.807) is 0 Å². The van der Waals surface area contributed by atoms with E-state index >= 15 is 0 Å². The van der Waals surface area contributed by atoms with Crippen LogP contribution in [0.15, 0.2) is 0 Å².